The molecule has 116 valence electrons. The topological polar surface area (TPSA) is 62.2 Å². The zero-order valence-corrected chi connectivity index (χ0v) is 12.4. The molecular weight excluding hydrogens is 310 g/mol. The molecule has 4 nitrogen and oxygen atoms in total. The van der Waals surface area contributed by atoms with E-state index >= 15 is 0 Å². The van der Waals surface area contributed by atoms with Gasteiger partial charge < -0.3 is 10.4 Å². The van der Waals surface area contributed by atoms with E-state index in [1.807, 2.05) is 0 Å². The van der Waals surface area contributed by atoms with Crippen molar-refractivity contribution < 1.29 is 18.7 Å². The van der Waals surface area contributed by atoms with Crippen LogP contribution in [-0.4, -0.2) is 28.1 Å². The van der Waals surface area contributed by atoms with Crippen LogP contribution in [-0.2, 0) is 0 Å². The number of halogens is 2. The maximum atomic E-state index is 13.2. The van der Waals surface area contributed by atoms with E-state index in [2.05, 4.69) is 10.3 Å². The highest BCUT2D eigenvalue weighted by Gasteiger charge is 2.34. The van der Waals surface area contributed by atoms with Crippen molar-refractivity contribution in [1.29, 1.82) is 0 Å². The summed E-state index contributed by atoms with van der Waals surface area (Å²) >= 11 is 1.09. The number of thiazole rings is 1. The number of rotatable bonds is 4. The summed E-state index contributed by atoms with van der Waals surface area (Å²) in [7, 11) is 0. The first kappa shape index (κ1) is 15.1. The number of hydrogen-bond acceptors (Lipinski definition) is 4. The van der Waals surface area contributed by atoms with E-state index < -0.39 is 17.2 Å². The summed E-state index contributed by atoms with van der Waals surface area (Å²) in [5.74, 6) is -2.20. The number of nitrogens with zero attached hydrogens (tertiary/aromatic N) is 1. The third kappa shape index (κ3) is 3.00. The smallest absolute Gasteiger partial charge is 0.263 e. The molecular formula is C15H14F2N2O2S. The van der Waals surface area contributed by atoms with Gasteiger partial charge in [-0.05, 0) is 37.5 Å². The molecule has 2 aromatic rings. The summed E-state index contributed by atoms with van der Waals surface area (Å²) in [6, 6.07) is 3.49. The lowest BCUT2D eigenvalue weighted by atomic mass is 9.80. The van der Waals surface area contributed by atoms with Crippen LogP contribution >= 0.6 is 11.3 Å². The maximum Gasteiger partial charge on any atom is 0.263 e. The van der Waals surface area contributed by atoms with E-state index in [1.165, 1.54) is 12.3 Å². The molecule has 1 heterocycles. The molecule has 22 heavy (non-hydrogen) atoms. The molecule has 2 N–H and O–H groups in total. The van der Waals surface area contributed by atoms with Gasteiger partial charge in [-0.25, -0.2) is 13.8 Å². The minimum absolute atomic E-state index is 0.213. The summed E-state index contributed by atoms with van der Waals surface area (Å²) in [5, 5.41) is 13.1. The van der Waals surface area contributed by atoms with Crippen molar-refractivity contribution in [3.05, 3.63) is 40.9 Å². The standard InChI is InChI=1S/C15H14F2N2O2S/c16-10-3-2-9(6-11(10)17)14-18-7-12(22-14)13(20)19-8-15(21)4-1-5-15/h2-3,6-7,21H,1,4-5,8H2,(H,19,20). The summed E-state index contributed by atoms with van der Waals surface area (Å²) in [4.78, 5) is 16.4. The highest BCUT2D eigenvalue weighted by atomic mass is 32.1. The average molecular weight is 324 g/mol. The van der Waals surface area contributed by atoms with E-state index in [9.17, 15) is 18.7 Å². The second-order valence-corrected chi connectivity index (χ2v) is 6.45. The molecule has 0 aliphatic heterocycles. The molecule has 1 saturated carbocycles. The quantitative estimate of drug-likeness (QED) is 0.909. The van der Waals surface area contributed by atoms with Gasteiger partial charge >= 0.3 is 0 Å². The summed E-state index contributed by atoms with van der Waals surface area (Å²) in [6.07, 6.45) is 3.74. The van der Waals surface area contributed by atoms with Crippen LogP contribution in [0.3, 0.4) is 0 Å². The molecule has 3 rings (SSSR count). The zero-order chi connectivity index (χ0) is 15.7. The summed E-state index contributed by atoms with van der Waals surface area (Å²) in [5.41, 5.74) is -0.371. The Balaban J connectivity index is 1.69. The molecule has 0 spiro atoms. The van der Waals surface area contributed by atoms with Crippen molar-refractivity contribution in [1.82, 2.24) is 10.3 Å². The van der Waals surface area contributed by atoms with Gasteiger partial charge in [0.15, 0.2) is 11.6 Å². The van der Waals surface area contributed by atoms with Gasteiger partial charge in [-0.3, -0.25) is 4.79 Å². The Morgan fingerprint density at radius 3 is 2.77 bits per heavy atom. The first-order valence-electron chi connectivity index (χ1n) is 6.89. The molecule has 1 aliphatic carbocycles. The van der Waals surface area contributed by atoms with Crippen LogP contribution in [0, 0.1) is 11.6 Å². The Labute approximate surface area is 129 Å². The largest absolute Gasteiger partial charge is 0.388 e. The van der Waals surface area contributed by atoms with Crippen molar-refractivity contribution in [2.75, 3.05) is 6.54 Å². The lowest BCUT2D eigenvalue weighted by Crippen LogP contribution is -2.47. The molecule has 0 atom stereocenters. The Morgan fingerprint density at radius 2 is 2.14 bits per heavy atom. The van der Waals surface area contributed by atoms with E-state index in [1.54, 1.807) is 0 Å². The minimum Gasteiger partial charge on any atom is -0.388 e. The molecule has 0 radical (unpaired) electrons. The monoisotopic (exact) mass is 324 g/mol. The van der Waals surface area contributed by atoms with Gasteiger partial charge in [0.05, 0.1) is 11.8 Å². The Kier molecular flexibility index (Phi) is 3.92. The van der Waals surface area contributed by atoms with Crippen LogP contribution in [0.1, 0.15) is 28.9 Å². The molecule has 1 aromatic heterocycles. The van der Waals surface area contributed by atoms with E-state index in [0.29, 0.717) is 28.3 Å². The highest BCUT2D eigenvalue weighted by Crippen LogP contribution is 2.31. The fourth-order valence-electron chi connectivity index (χ4n) is 2.24. The summed E-state index contributed by atoms with van der Waals surface area (Å²) in [6.45, 7) is 0.213. The Bertz CT molecular complexity index is 713. The van der Waals surface area contributed by atoms with E-state index in [-0.39, 0.29) is 12.5 Å². The van der Waals surface area contributed by atoms with Gasteiger partial charge in [0, 0.05) is 12.1 Å². The fraction of sp³-hybridized carbons (Fsp3) is 0.333. The van der Waals surface area contributed by atoms with Crippen LogP contribution in [0.15, 0.2) is 24.4 Å². The molecule has 1 amide bonds. The van der Waals surface area contributed by atoms with Gasteiger partial charge in [-0.1, -0.05) is 0 Å². The second-order valence-electron chi connectivity index (χ2n) is 5.42. The molecule has 0 saturated heterocycles. The average Bonchev–Trinajstić information content (AvgIpc) is 2.95. The predicted octanol–water partition coefficient (Wildman–Crippen LogP) is 2.73. The third-order valence-corrected chi connectivity index (χ3v) is 4.80. The lowest BCUT2D eigenvalue weighted by Gasteiger charge is -2.36. The normalized spacial score (nSPS) is 16.1. The minimum atomic E-state index is -0.953. The van der Waals surface area contributed by atoms with Crippen molar-refractivity contribution >= 4 is 17.2 Å². The maximum absolute atomic E-state index is 13.2. The highest BCUT2D eigenvalue weighted by molar-refractivity contribution is 7.16. The fourth-order valence-corrected chi connectivity index (χ4v) is 3.06. The van der Waals surface area contributed by atoms with Crippen LogP contribution in [0.2, 0.25) is 0 Å². The molecule has 1 fully saturated rings. The van der Waals surface area contributed by atoms with Crippen LogP contribution in [0.5, 0.6) is 0 Å². The van der Waals surface area contributed by atoms with Crippen LogP contribution < -0.4 is 5.32 Å². The molecule has 0 unspecified atom stereocenters. The van der Waals surface area contributed by atoms with E-state index in [0.717, 1.165) is 29.9 Å². The zero-order valence-electron chi connectivity index (χ0n) is 11.6. The number of carbonyl (C=O) groups excluding carboxylic acids is 1. The van der Waals surface area contributed by atoms with Crippen molar-refractivity contribution in [2.24, 2.45) is 0 Å². The summed E-state index contributed by atoms with van der Waals surface area (Å²) < 4.78 is 26.1. The van der Waals surface area contributed by atoms with Gasteiger partial charge in [0.2, 0.25) is 0 Å². The van der Waals surface area contributed by atoms with Crippen molar-refractivity contribution in [3.8, 4) is 10.6 Å². The molecule has 7 heteroatoms. The first-order chi connectivity index (χ1) is 10.5. The first-order valence-corrected chi connectivity index (χ1v) is 7.70. The van der Waals surface area contributed by atoms with Gasteiger partial charge in [0.1, 0.15) is 9.88 Å². The molecule has 1 aliphatic rings. The lowest BCUT2D eigenvalue weighted by molar-refractivity contribution is -0.0300. The molecule has 0 bridgehead atoms. The third-order valence-electron chi connectivity index (χ3n) is 3.76. The number of nitrogens with one attached hydrogen (secondary N) is 1. The number of benzene rings is 1. The SMILES string of the molecule is O=C(NCC1(O)CCC1)c1cnc(-c2ccc(F)c(F)c2)s1. The number of amides is 1. The molecule has 1 aromatic carbocycles. The number of carbonyl (C=O) groups is 1. The second kappa shape index (κ2) is 5.73. The van der Waals surface area contributed by atoms with Gasteiger partial charge in [-0.15, -0.1) is 11.3 Å². The number of hydrogen-bond donors (Lipinski definition) is 2. The van der Waals surface area contributed by atoms with Gasteiger partial charge in [-0.2, -0.15) is 0 Å². The van der Waals surface area contributed by atoms with E-state index in [4.69, 9.17) is 0 Å². The Morgan fingerprint density at radius 1 is 1.36 bits per heavy atom. The number of aromatic nitrogens is 1. The van der Waals surface area contributed by atoms with Crippen LogP contribution in [0.4, 0.5) is 8.78 Å². The van der Waals surface area contributed by atoms with Crippen molar-refractivity contribution in [2.45, 2.75) is 24.9 Å². The van der Waals surface area contributed by atoms with Gasteiger partial charge in [0.25, 0.3) is 5.91 Å². The van der Waals surface area contributed by atoms with Crippen LogP contribution in [0.25, 0.3) is 10.6 Å². The number of aliphatic hydroxyl groups is 1. The van der Waals surface area contributed by atoms with Crippen molar-refractivity contribution in [3.63, 3.8) is 0 Å². The predicted molar refractivity (Wildman–Crippen MR) is 78.6 cm³/mol. The Hall–Kier alpha value is -1.86.